The van der Waals surface area contributed by atoms with Crippen molar-refractivity contribution >= 4 is 17.5 Å². The maximum Gasteiger partial charge on any atom is 0.253 e. The Morgan fingerprint density at radius 2 is 1.95 bits per heavy atom. The summed E-state index contributed by atoms with van der Waals surface area (Å²) >= 11 is 6.34. The van der Waals surface area contributed by atoms with E-state index in [1.54, 1.807) is 23.0 Å². The van der Waals surface area contributed by atoms with Crippen LogP contribution < -0.4 is 0 Å². The molecule has 1 aliphatic rings. The second kappa shape index (κ2) is 6.06. The van der Waals surface area contributed by atoms with E-state index in [1.165, 1.54) is 0 Å². The molecular weight excluding hydrogens is 302 g/mol. The fraction of sp³-hybridized carbons (Fsp3) is 0.400. The maximum absolute atomic E-state index is 12.5. The summed E-state index contributed by atoms with van der Waals surface area (Å²) < 4.78 is 1.80. The van der Waals surface area contributed by atoms with Crippen LogP contribution in [0.3, 0.4) is 0 Å². The van der Waals surface area contributed by atoms with Crippen molar-refractivity contribution in [1.29, 1.82) is 0 Å². The van der Waals surface area contributed by atoms with Crippen molar-refractivity contribution in [2.75, 3.05) is 33.2 Å². The Morgan fingerprint density at radius 1 is 1.23 bits per heavy atom. The first-order valence-corrected chi connectivity index (χ1v) is 7.58. The molecule has 0 aliphatic carbocycles. The van der Waals surface area contributed by atoms with Crippen LogP contribution in [-0.4, -0.2) is 63.7 Å². The third-order valence-corrected chi connectivity index (χ3v) is 4.27. The summed E-state index contributed by atoms with van der Waals surface area (Å²) in [5.41, 5.74) is 1.39. The molecule has 0 bridgehead atoms. The zero-order valence-corrected chi connectivity index (χ0v) is 13.4. The Bertz CT molecular complexity index is 691. The van der Waals surface area contributed by atoms with E-state index in [9.17, 15) is 4.79 Å². The van der Waals surface area contributed by atoms with E-state index in [-0.39, 0.29) is 5.91 Å². The largest absolute Gasteiger partial charge is 0.336 e. The van der Waals surface area contributed by atoms with Gasteiger partial charge in [-0.15, -0.1) is 10.2 Å². The van der Waals surface area contributed by atoms with E-state index in [1.807, 2.05) is 17.9 Å². The van der Waals surface area contributed by atoms with E-state index in [4.69, 9.17) is 11.6 Å². The molecule has 1 aromatic heterocycles. The lowest BCUT2D eigenvalue weighted by molar-refractivity contribution is 0.0664. The molecule has 6 nitrogen and oxygen atoms in total. The van der Waals surface area contributed by atoms with Crippen LogP contribution >= 0.6 is 11.6 Å². The van der Waals surface area contributed by atoms with E-state index in [0.717, 1.165) is 37.7 Å². The van der Waals surface area contributed by atoms with Gasteiger partial charge in [-0.25, -0.2) is 0 Å². The standard InChI is InChI=1S/C15H18ClN5O/c1-11-18-17-10-21(11)14-4-3-12(9-13(14)16)15(22)20-7-5-19(2)6-8-20/h3-4,9-10H,5-8H2,1-2H3. The lowest BCUT2D eigenvalue weighted by Crippen LogP contribution is -2.47. The van der Waals surface area contributed by atoms with E-state index >= 15 is 0 Å². The fourth-order valence-electron chi connectivity index (χ4n) is 2.56. The Hall–Kier alpha value is -1.92. The molecule has 1 amide bonds. The normalized spacial score (nSPS) is 16.0. The number of carbonyl (C=O) groups excluding carboxylic acids is 1. The summed E-state index contributed by atoms with van der Waals surface area (Å²) in [5.74, 6) is 0.780. The van der Waals surface area contributed by atoms with Crippen molar-refractivity contribution in [1.82, 2.24) is 24.6 Å². The molecule has 0 radical (unpaired) electrons. The molecule has 1 aromatic carbocycles. The fourth-order valence-corrected chi connectivity index (χ4v) is 2.83. The first-order chi connectivity index (χ1) is 10.6. The second-order valence-electron chi connectivity index (χ2n) is 5.51. The minimum absolute atomic E-state index is 0.0297. The number of aromatic nitrogens is 3. The molecule has 0 unspecified atom stereocenters. The van der Waals surface area contributed by atoms with Gasteiger partial charge in [-0.3, -0.25) is 9.36 Å². The van der Waals surface area contributed by atoms with Crippen LogP contribution in [0.15, 0.2) is 24.5 Å². The van der Waals surface area contributed by atoms with Crippen molar-refractivity contribution in [2.24, 2.45) is 0 Å². The molecule has 7 heteroatoms. The average Bonchev–Trinajstić information content (AvgIpc) is 2.93. The van der Waals surface area contributed by atoms with Crippen LogP contribution in [0.1, 0.15) is 16.2 Å². The van der Waals surface area contributed by atoms with Gasteiger partial charge in [0.1, 0.15) is 12.2 Å². The van der Waals surface area contributed by atoms with Gasteiger partial charge in [-0.2, -0.15) is 0 Å². The number of hydrogen-bond donors (Lipinski definition) is 0. The van der Waals surface area contributed by atoms with Gasteiger partial charge in [0, 0.05) is 31.7 Å². The number of benzene rings is 1. The molecule has 0 saturated carbocycles. The summed E-state index contributed by atoms with van der Waals surface area (Å²) in [6, 6.07) is 5.36. The number of hydrogen-bond acceptors (Lipinski definition) is 4. The van der Waals surface area contributed by atoms with Crippen molar-refractivity contribution in [3.05, 3.63) is 40.9 Å². The molecule has 2 heterocycles. The summed E-state index contributed by atoms with van der Waals surface area (Å²) in [6.07, 6.45) is 1.61. The molecule has 0 atom stereocenters. The van der Waals surface area contributed by atoms with Gasteiger partial charge in [-0.1, -0.05) is 11.6 Å². The highest BCUT2D eigenvalue weighted by molar-refractivity contribution is 6.32. The molecular formula is C15H18ClN5O. The first-order valence-electron chi connectivity index (χ1n) is 7.20. The van der Waals surface area contributed by atoms with Crippen molar-refractivity contribution in [3.8, 4) is 5.69 Å². The van der Waals surface area contributed by atoms with E-state index in [2.05, 4.69) is 22.1 Å². The monoisotopic (exact) mass is 319 g/mol. The van der Waals surface area contributed by atoms with Gasteiger partial charge in [0.05, 0.1) is 10.7 Å². The average molecular weight is 320 g/mol. The second-order valence-corrected chi connectivity index (χ2v) is 5.92. The number of nitrogens with zero attached hydrogens (tertiary/aromatic N) is 5. The molecule has 22 heavy (non-hydrogen) atoms. The summed E-state index contributed by atoms with van der Waals surface area (Å²) in [6.45, 7) is 5.15. The molecule has 0 spiro atoms. The highest BCUT2D eigenvalue weighted by Gasteiger charge is 2.21. The Labute approximate surface area is 134 Å². The van der Waals surface area contributed by atoms with Crippen LogP contribution in [-0.2, 0) is 0 Å². The molecule has 1 fully saturated rings. The molecule has 1 saturated heterocycles. The zero-order chi connectivity index (χ0) is 15.7. The summed E-state index contributed by atoms with van der Waals surface area (Å²) in [5, 5.41) is 8.32. The van der Waals surface area contributed by atoms with Crippen LogP contribution in [0.5, 0.6) is 0 Å². The number of amides is 1. The predicted octanol–water partition coefficient (Wildman–Crippen LogP) is 1.62. The van der Waals surface area contributed by atoms with E-state index < -0.39 is 0 Å². The summed E-state index contributed by atoms with van der Waals surface area (Å²) in [4.78, 5) is 16.6. The predicted molar refractivity (Wildman–Crippen MR) is 84.5 cm³/mol. The number of likely N-dealkylation sites (N-methyl/N-ethyl adjacent to an activating group) is 1. The number of carbonyl (C=O) groups is 1. The van der Waals surface area contributed by atoms with Crippen molar-refractivity contribution in [2.45, 2.75) is 6.92 Å². The topological polar surface area (TPSA) is 54.3 Å². The molecule has 1 aliphatic heterocycles. The molecule has 116 valence electrons. The third-order valence-electron chi connectivity index (χ3n) is 3.96. The Balaban J connectivity index is 1.83. The minimum atomic E-state index is 0.0297. The molecule has 2 aromatic rings. The Kier molecular flexibility index (Phi) is 4.13. The van der Waals surface area contributed by atoms with Gasteiger partial charge < -0.3 is 9.80 Å². The van der Waals surface area contributed by atoms with Crippen molar-refractivity contribution in [3.63, 3.8) is 0 Å². The SMILES string of the molecule is Cc1nncn1-c1ccc(C(=O)N2CCN(C)CC2)cc1Cl. The van der Waals surface area contributed by atoms with Crippen LogP contribution in [0.2, 0.25) is 5.02 Å². The molecule has 0 N–H and O–H groups in total. The number of rotatable bonds is 2. The van der Waals surface area contributed by atoms with Gasteiger partial charge >= 0.3 is 0 Å². The summed E-state index contributed by atoms with van der Waals surface area (Å²) in [7, 11) is 2.06. The van der Waals surface area contributed by atoms with Gasteiger partial charge in [0.25, 0.3) is 5.91 Å². The number of halogens is 1. The number of aryl methyl sites for hydroxylation is 1. The minimum Gasteiger partial charge on any atom is -0.336 e. The third kappa shape index (κ3) is 2.84. The van der Waals surface area contributed by atoms with Gasteiger partial charge in [0.2, 0.25) is 0 Å². The van der Waals surface area contributed by atoms with E-state index in [0.29, 0.717) is 10.6 Å². The number of piperazine rings is 1. The lowest BCUT2D eigenvalue weighted by Gasteiger charge is -2.32. The van der Waals surface area contributed by atoms with Crippen LogP contribution in [0.4, 0.5) is 0 Å². The smallest absolute Gasteiger partial charge is 0.253 e. The Morgan fingerprint density at radius 3 is 2.55 bits per heavy atom. The quantitative estimate of drug-likeness (QED) is 0.844. The van der Waals surface area contributed by atoms with Crippen molar-refractivity contribution < 1.29 is 4.79 Å². The van der Waals surface area contributed by atoms with Gasteiger partial charge in [-0.05, 0) is 32.2 Å². The lowest BCUT2D eigenvalue weighted by atomic mass is 10.1. The highest BCUT2D eigenvalue weighted by atomic mass is 35.5. The van der Waals surface area contributed by atoms with Crippen LogP contribution in [0.25, 0.3) is 5.69 Å². The molecule has 3 rings (SSSR count). The van der Waals surface area contributed by atoms with Crippen LogP contribution in [0, 0.1) is 6.92 Å². The zero-order valence-electron chi connectivity index (χ0n) is 12.7. The first kappa shape index (κ1) is 15.0. The van der Waals surface area contributed by atoms with Gasteiger partial charge in [0.15, 0.2) is 0 Å². The highest BCUT2D eigenvalue weighted by Crippen LogP contribution is 2.23. The maximum atomic E-state index is 12.5.